The predicted octanol–water partition coefficient (Wildman–Crippen LogP) is 3.50. The maximum atomic E-state index is 12.5. The number of amides is 1. The smallest absolute Gasteiger partial charge is 0.258 e. The molecule has 0 fully saturated rings. The molecule has 7 heteroatoms. The van der Waals surface area contributed by atoms with Crippen molar-refractivity contribution in [3.8, 4) is 0 Å². The Labute approximate surface area is 147 Å². The molecule has 1 N–H and O–H groups in total. The van der Waals surface area contributed by atoms with Crippen LogP contribution in [-0.4, -0.2) is 27.8 Å². The second-order valence-electron chi connectivity index (χ2n) is 5.32. The summed E-state index contributed by atoms with van der Waals surface area (Å²) in [5, 5.41) is 1.25. The molecule has 3 aromatic rings. The zero-order valence-electron chi connectivity index (χ0n) is 12.7. The van der Waals surface area contributed by atoms with Crippen molar-refractivity contribution in [1.82, 2.24) is 14.9 Å². The third-order valence-corrected chi connectivity index (χ3v) is 4.10. The van der Waals surface area contributed by atoms with E-state index in [0.29, 0.717) is 27.3 Å². The van der Waals surface area contributed by atoms with Gasteiger partial charge >= 0.3 is 0 Å². The summed E-state index contributed by atoms with van der Waals surface area (Å²) in [6.07, 6.45) is 0. The van der Waals surface area contributed by atoms with E-state index in [1.54, 1.807) is 43.4 Å². The van der Waals surface area contributed by atoms with Gasteiger partial charge in [0, 0.05) is 12.1 Å². The normalized spacial score (nSPS) is 10.8. The number of rotatable bonds is 3. The first-order valence-corrected chi connectivity index (χ1v) is 7.90. The van der Waals surface area contributed by atoms with E-state index in [2.05, 4.69) is 9.97 Å². The predicted molar refractivity (Wildman–Crippen MR) is 94.6 cm³/mol. The molecule has 24 heavy (non-hydrogen) atoms. The number of fused-ring (bicyclic) bond motifs is 1. The number of aromatic nitrogens is 2. The zero-order chi connectivity index (χ0) is 17.3. The Hall–Kier alpha value is -2.37. The third kappa shape index (κ3) is 3.27. The second kappa shape index (κ2) is 6.63. The summed E-state index contributed by atoms with van der Waals surface area (Å²) in [6.45, 7) is 0.151. The summed E-state index contributed by atoms with van der Waals surface area (Å²) in [4.78, 5) is 33.1. The van der Waals surface area contributed by atoms with Crippen LogP contribution in [-0.2, 0) is 6.54 Å². The first kappa shape index (κ1) is 16.5. The van der Waals surface area contributed by atoms with Crippen LogP contribution < -0.4 is 5.56 Å². The van der Waals surface area contributed by atoms with Crippen LogP contribution in [0.4, 0.5) is 0 Å². The van der Waals surface area contributed by atoms with Crippen LogP contribution in [0.2, 0.25) is 10.0 Å². The number of hydrogen-bond donors (Lipinski definition) is 1. The van der Waals surface area contributed by atoms with Gasteiger partial charge in [-0.1, -0.05) is 35.3 Å². The summed E-state index contributed by atoms with van der Waals surface area (Å²) in [7, 11) is 1.61. The van der Waals surface area contributed by atoms with E-state index in [-0.39, 0.29) is 23.0 Å². The molecule has 0 bridgehead atoms. The molecule has 0 unspecified atom stereocenters. The van der Waals surface area contributed by atoms with Crippen molar-refractivity contribution in [2.45, 2.75) is 6.54 Å². The summed E-state index contributed by atoms with van der Waals surface area (Å²) < 4.78 is 0. The highest BCUT2D eigenvalue weighted by atomic mass is 35.5. The van der Waals surface area contributed by atoms with Crippen molar-refractivity contribution in [1.29, 1.82) is 0 Å². The highest BCUT2D eigenvalue weighted by Crippen LogP contribution is 2.22. The molecule has 0 spiro atoms. The number of benzene rings is 2. The average molecular weight is 362 g/mol. The minimum atomic E-state index is -0.285. The van der Waals surface area contributed by atoms with Crippen molar-refractivity contribution < 1.29 is 4.79 Å². The molecule has 0 saturated heterocycles. The molecule has 122 valence electrons. The molecule has 0 aliphatic carbocycles. The second-order valence-corrected chi connectivity index (χ2v) is 6.16. The fourth-order valence-electron chi connectivity index (χ4n) is 2.37. The van der Waals surface area contributed by atoms with Crippen LogP contribution in [0.25, 0.3) is 10.9 Å². The van der Waals surface area contributed by atoms with Gasteiger partial charge in [-0.3, -0.25) is 9.59 Å². The Morgan fingerprint density at radius 2 is 1.96 bits per heavy atom. The number of nitrogens with one attached hydrogen (secondary N) is 1. The van der Waals surface area contributed by atoms with Crippen molar-refractivity contribution in [2.24, 2.45) is 0 Å². The summed E-state index contributed by atoms with van der Waals surface area (Å²) >= 11 is 11.9. The summed E-state index contributed by atoms with van der Waals surface area (Å²) in [5.74, 6) is 0.118. The van der Waals surface area contributed by atoms with Gasteiger partial charge in [-0.05, 0) is 30.3 Å². The van der Waals surface area contributed by atoms with Gasteiger partial charge in [0.25, 0.3) is 11.5 Å². The minimum absolute atomic E-state index is 0.151. The van der Waals surface area contributed by atoms with Crippen molar-refractivity contribution in [3.63, 3.8) is 0 Å². The first-order valence-electron chi connectivity index (χ1n) is 7.14. The van der Waals surface area contributed by atoms with Gasteiger partial charge in [-0.2, -0.15) is 0 Å². The van der Waals surface area contributed by atoms with Crippen molar-refractivity contribution >= 4 is 40.0 Å². The number of carbonyl (C=O) groups excluding carboxylic acids is 1. The number of halogens is 2. The molecule has 0 saturated carbocycles. The third-order valence-electron chi connectivity index (χ3n) is 3.56. The standard InChI is InChI=1S/C17H13Cl2N3O2/c1-22(17(24)11-7-6-10(18)8-13(11)19)9-15-20-14-5-3-2-4-12(14)16(23)21-15/h2-8H,9H2,1H3,(H,20,21,23). The number of nitrogens with zero attached hydrogens (tertiary/aromatic N) is 2. The molecule has 0 aliphatic rings. The number of para-hydroxylation sites is 1. The van der Waals surface area contributed by atoms with E-state index in [4.69, 9.17) is 23.2 Å². The molecule has 3 rings (SSSR count). The summed E-state index contributed by atoms with van der Waals surface area (Å²) in [6, 6.07) is 11.7. The van der Waals surface area contributed by atoms with Crippen LogP contribution in [0.1, 0.15) is 16.2 Å². The molecule has 2 aromatic carbocycles. The van der Waals surface area contributed by atoms with Crippen LogP contribution in [0, 0.1) is 0 Å². The Kier molecular flexibility index (Phi) is 4.55. The Bertz CT molecular complexity index is 985. The molecule has 1 aromatic heterocycles. The lowest BCUT2D eigenvalue weighted by Gasteiger charge is -2.17. The van der Waals surface area contributed by atoms with E-state index >= 15 is 0 Å². The average Bonchev–Trinajstić information content (AvgIpc) is 2.54. The quantitative estimate of drug-likeness (QED) is 0.776. The number of H-pyrrole nitrogens is 1. The van der Waals surface area contributed by atoms with Gasteiger partial charge in [0.1, 0.15) is 5.82 Å². The maximum Gasteiger partial charge on any atom is 0.258 e. The fraction of sp³-hybridized carbons (Fsp3) is 0.118. The van der Waals surface area contributed by atoms with Crippen LogP contribution in [0.3, 0.4) is 0 Å². The molecule has 5 nitrogen and oxygen atoms in total. The highest BCUT2D eigenvalue weighted by molar-refractivity contribution is 6.36. The largest absolute Gasteiger partial charge is 0.334 e. The summed E-state index contributed by atoms with van der Waals surface area (Å²) in [5.41, 5.74) is 0.689. The van der Waals surface area contributed by atoms with Crippen molar-refractivity contribution in [3.05, 3.63) is 74.3 Å². The Morgan fingerprint density at radius 1 is 1.21 bits per heavy atom. The lowest BCUT2D eigenvalue weighted by molar-refractivity contribution is 0.0781. The van der Waals surface area contributed by atoms with Gasteiger partial charge < -0.3 is 9.88 Å². The number of aromatic amines is 1. The topological polar surface area (TPSA) is 66.1 Å². The van der Waals surface area contributed by atoms with E-state index in [0.717, 1.165) is 0 Å². The van der Waals surface area contributed by atoms with E-state index in [1.807, 2.05) is 0 Å². The zero-order valence-corrected chi connectivity index (χ0v) is 14.2. The molecule has 0 atom stereocenters. The van der Waals surface area contributed by atoms with E-state index < -0.39 is 0 Å². The molecular weight excluding hydrogens is 349 g/mol. The van der Waals surface area contributed by atoms with Crippen LogP contribution in [0.15, 0.2) is 47.3 Å². The lowest BCUT2D eigenvalue weighted by atomic mass is 10.2. The number of carbonyl (C=O) groups is 1. The van der Waals surface area contributed by atoms with Gasteiger partial charge in [0.15, 0.2) is 0 Å². The maximum absolute atomic E-state index is 12.5. The van der Waals surface area contributed by atoms with Gasteiger partial charge in [0.2, 0.25) is 0 Å². The van der Waals surface area contributed by atoms with Crippen LogP contribution in [0.5, 0.6) is 0 Å². The van der Waals surface area contributed by atoms with Crippen molar-refractivity contribution in [2.75, 3.05) is 7.05 Å². The van der Waals surface area contributed by atoms with E-state index in [9.17, 15) is 9.59 Å². The van der Waals surface area contributed by atoms with Gasteiger partial charge in [-0.25, -0.2) is 4.98 Å². The molecule has 0 radical (unpaired) electrons. The van der Waals surface area contributed by atoms with Gasteiger partial charge in [0.05, 0.1) is 28.0 Å². The Balaban J connectivity index is 1.88. The molecule has 0 aliphatic heterocycles. The monoisotopic (exact) mass is 361 g/mol. The first-order chi connectivity index (χ1) is 11.5. The minimum Gasteiger partial charge on any atom is -0.334 e. The Morgan fingerprint density at radius 3 is 2.71 bits per heavy atom. The SMILES string of the molecule is CN(Cc1nc2ccccc2c(=O)[nH]1)C(=O)c1ccc(Cl)cc1Cl. The molecular formula is C17H13Cl2N3O2. The van der Waals surface area contributed by atoms with Crippen LogP contribution >= 0.6 is 23.2 Å². The highest BCUT2D eigenvalue weighted by Gasteiger charge is 2.17. The fourth-order valence-corrected chi connectivity index (χ4v) is 2.86. The number of hydrogen-bond acceptors (Lipinski definition) is 3. The van der Waals surface area contributed by atoms with E-state index in [1.165, 1.54) is 11.0 Å². The molecule has 1 heterocycles. The van der Waals surface area contributed by atoms with Gasteiger partial charge in [-0.15, -0.1) is 0 Å². The molecule has 1 amide bonds. The lowest BCUT2D eigenvalue weighted by Crippen LogP contribution is -2.28.